The van der Waals surface area contributed by atoms with Crippen LogP contribution >= 0.6 is 23.1 Å². The van der Waals surface area contributed by atoms with Crippen LogP contribution in [0, 0.1) is 5.92 Å². The van der Waals surface area contributed by atoms with Crippen LogP contribution in [0.1, 0.15) is 37.7 Å². The van der Waals surface area contributed by atoms with Gasteiger partial charge in [-0.25, -0.2) is 0 Å². The minimum absolute atomic E-state index is 0.109. The number of carbonyl (C=O) groups excluding carboxylic acids is 2. The zero-order chi connectivity index (χ0) is 13.9. The first-order chi connectivity index (χ1) is 9.74. The van der Waals surface area contributed by atoms with E-state index in [1.165, 1.54) is 24.2 Å². The van der Waals surface area contributed by atoms with Crippen molar-refractivity contribution in [3.8, 4) is 0 Å². The van der Waals surface area contributed by atoms with Crippen LogP contribution in [-0.2, 0) is 4.79 Å². The molecule has 106 valence electrons. The van der Waals surface area contributed by atoms with Gasteiger partial charge in [-0.3, -0.25) is 14.5 Å². The molecule has 0 aromatic carbocycles. The highest BCUT2D eigenvalue weighted by Crippen LogP contribution is 2.34. The predicted molar refractivity (Wildman–Crippen MR) is 83.6 cm³/mol. The highest BCUT2D eigenvalue weighted by Gasteiger charge is 2.36. The number of thioether (sulfide) groups is 1. The number of carbonyl (C=O) groups is 2. The van der Waals surface area contributed by atoms with Crippen LogP contribution in [0.5, 0.6) is 0 Å². The molecule has 1 saturated heterocycles. The van der Waals surface area contributed by atoms with Gasteiger partial charge in [-0.15, -0.1) is 0 Å². The molecule has 1 aliphatic carbocycles. The van der Waals surface area contributed by atoms with Gasteiger partial charge in [0.2, 0.25) is 0 Å². The Labute approximate surface area is 127 Å². The molecular formula is C15H17NO2S2. The molecule has 0 radical (unpaired) electrons. The summed E-state index contributed by atoms with van der Waals surface area (Å²) in [6, 6.07) is 1.96. The molecule has 1 aromatic heterocycles. The molecule has 2 aliphatic rings. The van der Waals surface area contributed by atoms with Crippen LogP contribution in [0.3, 0.4) is 0 Å². The van der Waals surface area contributed by atoms with Gasteiger partial charge in [0, 0.05) is 6.54 Å². The lowest BCUT2D eigenvalue weighted by Crippen LogP contribution is -2.34. The van der Waals surface area contributed by atoms with Crippen molar-refractivity contribution in [2.24, 2.45) is 5.92 Å². The Morgan fingerprint density at radius 2 is 2.05 bits per heavy atom. The standard InChI is InChI=1S/C15H17NO2S2/c17-14-13(8-12-6-7-19-10-12)20-15(18)16(14)9-11-4-2-1-3-5-11/h6-8,10-11H,1-5,9H2/b13-8+. The topological polar surface area (TPSA) is 37.4 Å². The summed E-state index contributed by atoms with van der Waals surface area (Å²) >= 11 is 2.66. The molecule has 0 spiro atoms. The van der Waals surface area contributed by atoms with Crippen LogP contribution in [0.4, 0.5) is 4.79 Å². The molecule has 2 heterocycles. The van der Waals surface area contributed by atoms with Gasteiger partial charge in [-0.1, -0.05) is 19.3 Å². The molecule has 0 unspecified atom stereocenters. The fraction of sp³-hybridized carbons (Fsp3) is 0.467. The zero-order valence-corrected chi connectivity index (χ0v) is 12.8. The van der Waals surface area contributed by atoms with Gasteiger partial charge >= 0.3 is 0 Å². The van der Waals surface area contributed by atoms with E-state index in [0.717, 1.165) is 30.2 Å². The average molecular weight is 307 g/mol. The van der Waals surface area contributed by atoms with E-state index in [1.54, 1.807) is 11.3 Å². The van der Waals surface area contributed by atoms with Gasteiger partial charge in [0.1, 0.15) is 0 Å². The van der Waals surface area contributed by atoms with Crippen molar-refractivity contribution in [2.75, 3.05) is 6.54 Å². The Hall–Kier alpha value is -1.07. The van der Waals surface area contributed by atoms with Crippen LogP contribution in [-0.4, -0.2) is 22.6 Å². The molecule has 1 aliphatic heterocycles. The van der Waals surface area contributed by atoms with Gasteiger partial charge < -0.3 is 0 Å². The minimum atomic E-state index is -0.114. The number of amides is 2. The maximum Gasteiger partial charge on any atom is 0.293 e. The van der Waals surface area contributed by atoms with Crippen molar-refractivity contribution in [1.82, 2.24) is 4.90 Å². The molecule has 5 heteroatoms. The third-order valence-corrected chi connectivity index (χ3v) is 5.49. The normalized spacial score (nSPS) is 23.0. The highest BCUT2D eigenvalue weighted by atomic mass is 32.2. The number of hydrogen-bond acceptors (Lipinski definition) is 4. The van der Waals surface area contributed by atoms with E-state index in [4.69, 9.17) is 0 Å². The van der Waals surface area contributed by atoms with Crippen molar-refractivity contribution in [2.45, 2.75) is 32.1 Å². The Kier molecular flexibility index (Phi) is 4.27. The Morgan fingerprint density at radius 3 is 2.75 bits per heavy atom. The molecule has 2 fully saturated rings. The second kappa shape index (κ2) is 6.14. The summed E-state index contributed by atoms with van der Waals surface area (Å²) in [7, 11) is 0. The number of rotatable bonds is 3. The highest BCUT2D eigenvalue weighted by molar-refractivity contribution is 8.18. The van der Waals surface area contributed by atoms with Crippen LogP contribution in [0.15, 0.2) is 21.7 Å². The summed E-state index contributed by atoms with van der Waals surface area (Å²) in [6.45, 7) is 0.603. The fourth-order valence-electron chi connectivity index (χ4n) is 2.79. The van der Waals surface area contributed by atoms with E-state index in [0.29, 0.717) is 17.4 Å². The quantitative estimate of drug-likeness (QED) is 0.778. The maximum atomic E-state index is 12.3. The first-order valence-corrected chi connectivity index (χ1v) is 8.77. The molecule has 0 atom stereocenters. The van der Waals surface area contributed by atoms with E-state index >= 15 is 0 Å². The number of thiophene rings is 1. The first-order valence-electron chi connectivity index (χ1n) is 7.01. The lowest BCUT2D eigenvalue weighted by atomic mass is 9.89. The van der Waals surface area contributed by atoms with Crippen LogP contribution < -0.4 is 0 Å². The minimum Gasteiger partial charge on any atom is -0.268 e. The van der Waals surface area contributed by atoms with Gasteiger partial charge in [0.05, 0.1) is 4.91 Å². The smallest absolute Gasteiger partial charge is 0.268 e. The van der Waals surface area contributed by atoms with Crippen molar-refractivity contribution in [3.05, 3.63) is 27.3 Å². The van der Waals surface area contributed by atoms with E-state index in [2.05, 4.69) is 0 Å². The summed E-state index contributed by atoms with van der Waals surface area (Å²) in [5.41, 5.74) is 0.998. The second-order valence-corrected chi connectivity index (χ2v) is 7.13. The Balaban J connectivity index is 1.70. The predicted octanol–water partition coefficient (Wildman–Crippen LogP) is 4.36. The van der Waals surface area contributed by atoms with E-state index in [-0.39, 0.29) is 11.1 Å². The summed E-state index contributed by atoms with van der Waals surface area (Å²) < 4.78 is 0. The molecule has 3 nitrogen and oxygen atoms in total. The van der Waals surface area contributed by atoms with Crippen molar-refractivity contribution >= 4 is 40.3 Å². The van der Waals surface area contributed by atoms with Crippen LogP contribution in [0.2, 0.25) is 0 Å². The molecule has 0 bridgehead atoms. The SMILES string of the molecule is O=C1S/C(=C/c2ccsc2)C(=O)N1CC1CCCCC1. The summed E-state index contributed by atoms with van der Waals surface area (Å²) in [4.78, 5) is 26.4. The molecule has 20 heavy (non-hydrogen) atoms. The Morgan fingerprint density at radius 1 is 1.25 bits per heavy atom. The number of imide groups is 1. The summed E-state index contributed by atoms with van der Waals surface area (Å²) in [5, 5.41) is 3.84. The maximum absolute atomic E-state index is 12.3. The first kappa shape index (κ1) is 13.9. The van der Waals surface area contributed by atoms with Crippen molar-refractivity contribution in [3.63, 3.8) is 0 Å². The van der Waals surface area contributed by atoms with Crippen molar-refractivity contribution < 1.29 is 9.59 Å². The molecule has 1 aromatic rings. The molecule has 3 rings (SSSR count). The van der Waals surface area contributed by atoms with E-state index < -0.39 is 0 Å². The lowest BCUT2D eigenvalue weighted by molar-refractivity contribution is -0.123. The summed E-state index contributed by atoms with van der Waals surface area (Å²) in [6.07, 6.45) is 7.85. The number of hydrogen-bond donors (Lipinski definition) is 0. The largest absolute Gasteiger partial charge is 0.293 e. The fourth-order valence-corrected chi connectivity index (χ4v) is 4.26. The number of nitrogens with zero attached hydrogens (tertiary/aromatic N) is 1. The van der Waals surface area contributed by atoms with Gasteiger partial charge in [0.25, 0.3) is 11.1 Å². The molecule has 1 saturated carbocycles. The third-order valence-electron chi connectivity index (χ3n) is 3.88. The third kappa shape index (κ3) is 2.99. The van der Waals surface area contributed by atoms with Gasteiger partial charge in [0.15, 0.2) is 0 Å². The molecule has 2 amide bonds. The van der Waals surface area contributed by atoms with Crippen molar-refractivity contribution in [1.29, 1.82) is 0 Å². The second-order valence-electron chi connectivity index (χ2n) is 5.35. The van der Waals surface area contributed by atoms with Gasteiger partial charge in [-0.05, 0) is 59.0 Å². The Bertz CT molecular complexity index is 530. The molecular weight excluding hydrogens is 290 g/mol. The summed E-state index contributed by atoms with van der Waals surface area (Å²) in [5.74, 6) is 0.384. The zero-order valence-electron chi connectivity index (χ0n) is 11.2. The van der Waals surface area contributed by atoms with Gasteiger partial charge in [-0.2, -0.15) is 11.3 Å². The molecule has 0 N–H and O–H groups in total. The average Bonchev–Trinajstić information content (AvgIpc) is 3.05. The van der Waals surface area contributed by atoms with Crippen LogP contribution in [0.25, 0.3) is 6.08 Å². The monoisotopic (exact) mass is 307 g/mol. The lowest BCUT2D eigenvalue weighted by Gasteiger charge is -2.25. The van der Waals surface area contributed by atoms with E-state index in [9.17, 15) is 9.59 Å². The van der Waals surface area contributed by atoms with E-state index in [1.807, 2.05) is 22.9 Å².